The third-order valence-corrected chi connectivity index (χ3v) is 1.95. The molecule has 0 aliphatic carbocycles. The maximum atomic E-state index is 10.3. The molecule has 11 heavy (non-hydrogen) atoms. The third kappa shape index (κ3) is 1.31. The molecule has 3 nitrogen and oxygen atoms in total. The highest BCUT2D eigenvalue weighted by molar-refractivity contribution is 5.56. The highest BCUT2D eigenvalue weighted by atomic mass is 16.1. The van der Waals surface area contributed by atoms with E-state index in [0.29, 0.717) is 6.42 Å². The van der Waals surface area contributed by atoms with Crippen LogP contribution in [0.25, 0.3) is 0 Å². The van der Waals surface area contributed by atoms with Crippen molar-refractivity contribution >= 4 is 6.29 Å². The highest BCUT2D eigenvalue weighted by Crippen LogP contribution is 2.10. The fourth-order valence-corrected chi connectivity index (χ4v) is 1.20. The lowest BCUT2D eigenvalue weighted by Crippen LogP contribution is -1.94. The summed E-state index contributed by atoms with van der Waals surface area (Å²) in [7, 11) is 1.89. The van der Waals surface area contributed by atoms with Crippen LogP contribution in [0.15, 0.2) is 0 Å². The van der Waals surface area contributed by atoms with Gasteiger partial charge in [-0.15, -0.1) is 0 Å². The monoisotopic (exact) mass is 152 g/mol. The predicted molar refractivity (Wildman–Crippen MR) is 42.5 cm³/mol. The maximum absolute atomic E-state index is 10.3. The largest absolute Gasteiger partial charge is 0.303 e. The van der Waals surface area contributed by atoms with Gasteiger partial charge >= 0.3 is 0 Å². The number of aryl methyl sites for hydroxylation is 2. The Kier molecular flexibility index (Phi) is 2.08. The van der Waals surface area contributed by atoms with Gasteiger partial charge < -0.3 is 4.79 Å². The van der Waals surface area contributed by atoms with E-state index >= 15 is 0 Å². The molecule has 3 heteroatoms. The highest BCUT2D eigenvalue weighted by Gasteiger charge is 2.07. The molecule has 1 rings (SSSR count). The molecule has 0 bridgehead atoms. The van der Waals surface area contributed by atoms with Crippen LogP contribution >= 0.6 is 0 Å². The van der Waals surface area contributed by atoms with Crippen LogP contribution in [0.2, 0.25) is 0 Å². The Labute approximate surface area is 66.0 Å². The van der Waals surface area contributed by atoms with Crippen molar-refractivity contribution in [3.63, 3.8) is 0 Å². The van der Waals surface area contributed by atoms with Gasteiger partial charge in [-0.3, -0.25) is 4.68 Å². The van der Waals surface area contributed by atoms with Crippen LogP contribution in [-0.2, 0) is 18.3 Å². The van der Waals surface area contributed by atoms with E-state index in [0.717, 1.165) is 23.2 Å². The lowest BCUT2D eigenvalue weighted by atomic mass is 10.1. The van der Waals surface area contributed by atoms with E-state index in [-0.39, 0.29) is 0 Å². The van der Waals surface area contributed by atoms with Crippen molar-refractivity contribution in [2.24, 2.45) is 7.05 Å². The molecular weight excluding hydrogens is 140 g/mol. The summed E-state index contributed by atoms with van der Waals surface area (Å²) in [6, 6.07) is 0. The Balaban J connectivity index is 3.11. The molecule has 1 aromatic rings. The van der Waals surface area contributed by atoms with Crippen molar-refractivity contribution in [1.82, 2.24) is 9.78 Å². The van der Waals surface area contributed by atoms with Crippen molar-refractivity contribution in [3.05, 3.63) is 17.0 Å². The lowest BCUT2D eigenvalue weighted by molar-refractivity contribution is -0.107. The second-order valence-electron chi connectivity index (χ2n) is 2.64. The number of rotatable bonds is 2. The SMILES string of the molecule is Cc1nn(C)c(C)c1CC=O. The first-order chi connectivity index (χ1) is 5.16. The summed E-state index contributed by atoms with van der Waals surface area (Å²) in [5.41, 5.74) is 3.09. The number of aromatic nitrogens is 2. The molecule has 0 aliphatic heterocycles. The predicted octanol–water partition coefficient (Wildman–Crippen LogP) is 0.778. The van der Waals surface area contributed by atoms with Gasteiger partial charge in [0.2, 0.25) is 0 Å². The Morgan fingerprint density at radius 1 is 1.55 bits per heavy atom. The zero-order valence-corrected chi connectivity index (χ0v) is 7.09. The van der Waals surface area contributed by atoms with Crippen LogP contribution < -0.4 is 0 Å². The van der Waals surface area contributed by atoms with Gasteiger partial charge in [-0.2, -0.15) is 5.10 Å². The molecule has 1 aromatic heterocycles. The topological polar surface area (TPSA) is 34.9 Å². The zero-order valence-electron chi connectivity index (χ0n) is 7.09. The minimum atomic E-state index is 0.478. The average molecular weight is 152 g/mol. The van der Waals surface area contributed by atoms with Gasteiger partial charge in [0.1, 0.15) is 6.29 Å². The molecule has 0 atom stereocenters. The smallest absolute Gasteiger partial charge is 0.124 e. The minimum Gasteiger partial charge on any atom is -0.303 e. The lowest BCUT2D eigenvalue weighted by Gasteiger charge is -1.94. The van der Waals surface area contributed by atoms with Gasteiger partial charge in [-0.1, -0.05) is 0 Å². The molecule has 0 saturated carbocycles. The van der Waals surface area contributed by atoms with E-state index in [9.17, 15) is 4.79 Å². The summed E-state index contributed by atoms with van der Waals surface area (Å²) in [4.78, 5) is 10.3. The Hall–Kier alpha value is -1.12. The molecule has 0 aliphatic rings. The molecule has 1 heterocycles. The Morgan fingerprint density at radius 3 is 2.55 bits per heavy atom. The summed E-state index contributed by atoms with van der Waals surface area (Å²) in [5.74, 6) is 0. The number of aldehydes is 1. The molecule has 0 radical (unpaired) electrons. The van der Waals surface area contributed by atoms with Crippen LogP contribution in [0.1, 0.15) is 17.0 Å². The van der Waals surface area contributed by atoms with Crippen LogP contribution in [0.5, 0.6) is 0 Å². The molecule has 0 spiro atoms. The fraction of sp³-hybridized carbons (Fsp3) is 0.500. The molecule has 0 N–H and O–H groups in total. The van der Waals surface area contributed by atoms with Crippen molar-refractivity contribution in [2.45, 2.75) is 20.3 Å². The van der Waals surface area contributed by atoms with Gasteiger partial charge in [0.05, 0.1) is 5.69 Å². The molecular formula is C8H12N2O. The maximum Gasteiger partial charge on any atom is 0.124 e. The molecule has 0 fully saturated rings. The van der Waals surface area contributed by atoms with Crippen molar-refractivity contribution < 1.29 is 4.79 Å². The molecule has 0 amide bonds. The van der Waals surface area contributed by atoms with Gasteiger partial charge in [-0.25, -0.2) is 0 Å². The third-order valence-electron chi connectivity index (χ3n) is 1.95. The van der Waals surface area contributed by atoms with Crippen LogP contribution in [0, 0.1) is 13.8 Å². The number of nitrogens with zero attached hydrogens (tertiary/aromatic N) is 2. The first-order valence-electron chi connectivity index (χ1n) is 3.59. The number of carbonyl (C=O) groups is 1. The first-order valence-corrected chi connectivity index (χ1v) is 3.59. The molecule has 0 unspecified atom stereocenters. The van der Waals surface area contributed by atoms with Gasteiger partial charge in [-0.05, 0) is 13.8 Å². The average Bonchev–Trinajstić information content (AvgIpc) is 2.17. The van der Waals surface area contributed by atoms with Crippen LogP contribution in [-0.4, -0.2) is 16.1 Å². The second kappa shape index (κ2) is 2.86. The minimum absolute atomic E-state index is 0.478. The summed E-state index contributed by atoms with van der Waals surface area (Å²) in [6.45, 7) is 3.89. The van der Waals surface area contributed by atoms with Crippen molar-refractivity contribution in [3.8, 4) is 0 Å². The van der Waals surface area contributed by atoms with E-state index in [4.69, 9.17) is 0 Å². The number of carbonyl (C=O) groups excluding carboxylic acids is 1. The van der Waals surface area contributed by atoms with Gasteiger partial charge in [0, 0.05) is 24.7 Å². The molecule has 0 aromatic carbocycles. The van der Waals surface area contributed by atoms with E-state index in [1.54, 1.807) is 4.68 Å². The van der Waals surface area contributed by atoms with Crippen LogP contribution in [0.4, 0.5) is 0 Å². The zero-order chi connectivity index (χ0) is 8.43. The fourth-order valence-electron chi connectivity index (χ4n) is 1.20. The molecule has 0 saturated heterocycles. The summed E-state index contributed by atoms with van der Waals surface area (Å²) < 4.78 is 1.80. The normalized spacial score (nSPS) is 10.1. The van der Waals surface area contributed by atoms with E-state index in [1.165, 1.54) is 0 Å². The summed E-state index contributed by atoms with van der Waals surface area (Å²) >= 11 is 0. The summed E-state index contributed by atoms with van der Waals surface area (Å²) in [5, 5.41) is 4.19. The summed E-state index contributed by atoms with van der Waals surface area (Å²) in [6.07, 6.45) is 1.39. The van der Waals surface area contributed by atoms with E-state index in [1.807, 2.05) is 20.9 Å². The standard InChI is InChI=1S/C8H12N2O/c1-6-8(4-5-11)7(2)10(3)9-6/h5H,4H2,1-3H3. The van der Waals surface area contributed by atoms with Crippen LogP contribution in [0.3, 0.4) is 0 Å². The first kappa shape index (κ1) is 7.98. The molecule has 60 valence electrons. The van der Waals surface area contributed by atoms with Crippen molar-refractivity contribution in [1.29, 1.82) is 0 Å². The van der Waals surface area contributed by atoms with Gasteiger partial charge in [0.15, 0.2) is 0 Å². The Bertz CT molecular complexity index is 276. The number of hydrogen-bond acceptors (Lipinski definition) is 2. The Morgan fingerprint density at radius 2 is 2.18 bits per heavy atom. The van der Waals surface area contributed by atoms with Crippen molar-refractivity contribution in [2.75, 3.05) is 0 Å². The number of hydrogen-bond donors (Lipinski definition) is 0. The van der Waals surface area contributed by atoms with Gasteiger partial charge in [0.25, 0.3) is 0 Å². The van der Waals surface area contributed by atoms with E-state index in [2.05, 4.69) is 5.10 Å². The second-order valence-corrected chi connectivity index (χ2v) is 2.64. The van der Waals surface area contributed by atoms with E-state index < -0.39 is 0 Å². The quantitative estimate of drug-likeness (QED) is 0.587.